The lowest BCUT2D eigenvalue weighted by Crippen LogP contribution is -2.58. The average Bonchev–Trinajstić information content (AvgIpc) is 2.75. The summed E-state index contributed by atoms with van der Waals surface area (Å²) in [5.74, 6) is -4.47. The molecule has 0 aliphatic carbocycles. The molecule has 0 fully saturated rings. The number of carbonyl (C=O) groups excluding carboxylic acids is 4. The van der Waals surface area contributed by atoms with Crippen molar-refractivity contribution in [2.75, 3.05) is 0 Å². The number of phenols is 1. The Balaban J connectivity index is 2.94. The van der Waals surface area contributed by atoms with Gasteiger partial charge in [0.15, 0.2) is 6.04 Å². The predicted octanol–water partition coefficient (Wildman–Crippen LogP) is -2.53. The van der Waals surface area contributed by atoms with Gasteiger partial charge in [-0.3, -0.25) is 19.2 Å². The van der Waals surface area contributed by atoms with Crippen LogP contribution in [0, 0.1) is 0 Å². The summed E-state index contributed by atoms with van der Waals surface area (Å²) in [4.78, 5) is 59.7. The second-order valence-electron chi connectivity index (χ2n) is 7.84. The molecule has 13 heteroatoms. The van der Waals surface area contributed by atoms with Crippen LogP contribution in [0.4, 0.5) is 0 Å². The molecule has 13 nitrogen and oxygen atoms in total. The van der Waals surface area contributed by atoms with E-state index in [9.17, 15) is 39.3 Å². The standard InChI is InChI=1S/C21H31N5O8/c1-10(24-19(31)14(22)7-8-16(23)29)18(30)25-15(9-12-3-5-13(28)6-4-12)20(32)26-17(11(2)27)21(33)34/h3-6,10-11,14-15,17,27-28H,7-9,22H2,1-2H3,(H2,23,29)(H,24,31)(H,25,30)(H,26,32)(H,33,34). The second kappa shape index (κ2) is 13.1. The molecule has 1 rings (SSSR count). The Morgan fingerprint density at radius 3 is 2.03 bits per heavy atom. The summed E-state index contributed by atoms with van der Waals surface area (Å²) in [6.07, 6.45) is -1.62. The van der Waals surface area contributed by atoms with Gasteiger partial charge in [0.05, 0.1) is 12.1 Å². The number of aliphatic hydroxyl groups is 1. The highest BCUT2D eigenvalue weighted by Gasteiger charge is 2.31. The molecule has 0 saturated carbocycles. The van der Waals surface area contributed by atoms with Crippen LogP contribution in [-0.4, -0.2) is 75.2 Å². The molecule has 5 atom stereocenters. The van der Waals surface area contributed by atoms with Crippen LogP contribution in [0.1, 0.15) is 32.3 Å². The molecule has 188 valence electrons. The lowest BCUT2D eigenvalue weighted by molar-refractivity contribution is -0.145. The lowest BCUT2D eigenvalue weighted by atomic mass is 10.0. The maximum atomic E-state index is 12.8. The minimum absolute atomic E-state index is 0.0159. The Morgan fingerprint density at radius 1 is 0.941 bits per heavy atom. The molecule has 0 saturated heterocycles. The number of carboxylic acid groups (broad SMARTS) is 1. The monoisotopic (exact) mass is 481 g/mol. The van der Waals surface area contributed by atoms with Crippen molar-refractivity contribution in [1.29, 1.82) is 0 Å². The van der Waals surface area contributed by atoms with E-state index < -0.39 is 59.9 Å². The van der Waals surface area contributed by atoms with Crippen LogP contribution in [0.2, 0.25) is 0 Å². The molecule has 0 radical (unpaired) electrons. The maximum Gasteiger partial charge on any atom is 0.328 e. The number of hydrogen-bond donors (Lipinski definition) is 8. The Labute approximate surface area is 195 Å². The van der Waals surface area contributed by atoms with Gasteiger partial charge in [0, 0.05) is 12.8 Å². The first-order valence-corrected chi connectivity index (χ1v) is 10.5. The van der Waals surface area contributed by atoms with Crippen LogP contribution in [0.25, 0.3) is 0 Å². The summed E-state index contributed by atoms with van der Waals surface area (Å²) in [7, 11) is 0. The zero-order chi connectivity index (χ0) is 26.0. The first-order valence-electron chi connectivity index (χ1n) is 10.5. The van der Waals surface area contributed by atoms with Gasteiger partial charge >= 0.3 is 5.97 Å². The Morgan fingerprint density at radius 2 is 1.53 bits per heavy atom. The van der Waals surface area contributed by atoms with E-state index in [4.69, 9.17) is 11.5 Å². The number of nitrogens with one attached hydrogen (secondary N) is 3. The Kier molecular flexibility index (Phi) is 10.9. The molecule has 0 bridgehead atoms. The molecular formula is C21H31N5O8. The van der Waals surface area contributed by atoms with Gasteiger partial charge in [0.2, 0.25) is 23.6 Å². The molecule has 0 aromatic heterocycles. The summed E-state index contributed by atoms with van der Waals surface area (Å²) >= 11 is 0. The third-order valence-electron chi connectivity index (χ3n) is 4.85. The first-order chi connectivity index (χ1) is 15.8. The van der Waals surface area contributed by atoms with Gasteiger partial charge in [0.25, 0.3) is 0 Å². The number of carboxylic acids is 1. The molecule has 0 aliphatic rings. The maximum absolute atomic E-state index is 12.8. The molecule has 0 heterocycles. The van der Waals surface area contributed by atoms with Crippen molar-refractivity contribution < 1.29 is 39.3 Å². The Hall–Kier alpha value is -3.71. The van der Waals surface area contributed by atoms with Gasteiger partial charge in [-0.1, -0.05) is 12.1 Å². The molecule has 5 unspecified atom stereocenters. The summed E-state index contributed by atoms with van der Waals surface area (Å²) < 4.78 is 0. The van der Waals surface area contributed by atoms with Crippen LogP contribution in [0.3, 0.4) is 0 Å². The lowest BCUT2D eigenvalue weighted by Gasteiger charge is -2.24. The molecule has 0 spiro atoms. The third kappa shape index (κ3) is 9.42. The molecular weight excluding hydrogens is 450 g/mol. The number of benzene rings is 1. The number of primary amides is 1. The number of amides is 4. The van der Waals surface area contributed by atoms with Gasteiger partial charge in [-0.25, -0.2) is 4.79 Å². The van der Waals surface area contributed by atoms with Crippen LogP contribution in [0.15, 0.2) is 24.3 Å². The molecule has 34 heavy (non-hydrogen) atoms. The van der Waals surface area contributed by atoms with E-state index >= 15 is 0 Å². The van der Waals surface area contributed by atoms with E-state index in [1.165, 1.54) is 38.1 Å². The number of aliphatic carboxylic acids is 1. The number of rotatable bonds is 13. The van der Waals surface area contributed by atoms with Gasteiger partial charge in [-0.05, 0) is 38.0 Å². The average molecular weight is 482 g/mol. The largest absolute Gasteiger partial charge is 0.508 e. The fraction of sp³-hybridized carbons (Fsp3) is 0.476. The Bertz CT molecular complexity index is 890. The van der Waals surface area contributed by atoms with E-state index in [0.717, 1.165) is 0 Å². The van der Waals surface area contributed by atoms with Crippen molar-refractivity contribution in [3.63, 3.8) is 0 Å². The van der Waals surface area contributed by atoms with Crippen molar-refractivity contribution in [2.45, 2.75) is 63.4 Å². The van der Waals surface area contributed by atoms with E-state index in [1.807, 2.05) is 0 Å². The van der Waals surface area contributed by atoms with Crippen molar-refractivity contribution in [3.05, 3.63) is 29.8 Å². The van der Waals surface area contributed by atoms with Crippen LogP contribution in [-0.2, 0) is 30.4 Å². The highest BCUT2D eigenvalue weighted by atomic mass is 16.4. The molecule has 1 aromatic rings. The zero-order valence-electron chi connectivity index (χ0n) is 18.9. The van der Waals surface area contributed by atoms with Crippen LogP contribution < -0.4 is 27.4 Å². The van der Waals surface area contributed by atoms with Gasteiger partial charge in [0.1, 0.15) is 17.8 Å². The molecule has 0 aliphatic heterocycles. The number of carbonyl (C=O) groups is 5. The van der Waals surface area contributed by atoms with Crippen molar-refractivity contribution >= 4 is 29.6 Å². The summed E-state index contributed by atoms with van der Waals surface area (Å²) in [6, 6.07) is 0.654. The van der Waals surface area contributed by atoms with E-state index in [-0.39, 0.29) is 25.0 Å². The smallest absolute Gasteiger partial charge is 0.328 e. The highest BCUT2D eigenvalue weighted by Crippen LogP contribution is 2.12. The number of aliphatic hydroxyl groups excluding tert-OH is 1. The van der Waals surface area contributed by atoms with E-state index in [1.54, 1.807) is 0 Å². The van der Waals surface area contributed by atoms with Crippen molar-refractivity contribution in [2.24, 2.45) is 11.5 Å². The fourth-order valence-corrected chi connectivity index (χ4v) is 2.83. The molecule has 10 N–H and O–H groups in total. The third-order valence-corrected chi connectivity index (χ3v) is 4.85. The minimum atomic E-state index is -1.62. The van der Waals surface area contributed by atoms with Gasteiger partial charge in [-0.2, -0.15) is 0 Å². The number of aromatic hydroxyl groups is 1. The number of nitrogens with two attached hydrogens (primary N) is 2. The molecule has 1 aromatic carbocycles. The SMILES string of the molecule is CC(NC(=O)C(N)CCC(N)=O)C(=O)NC(Cc1ccc(O)cc1)C(=O)NC(C(=O)O)C(C)O. The second-order valence-corrected chi connectivity index (χ2v) is 7.84. The molecule has 4 amide bonds. The van der Waals surface area contributed by atoms with Crippen molar-refractivity contribution in [1.82, 2.24) is 16.0 Å². The summed E-state index contributed by atoms with van der Waals surface area (Å²) in [5, 5.41) is 35.3. The van der Waals surface area contributed by atoms with Gasteiger partial charge in [-0.15, -0.1) is 0 Å². The first kappa shape index (κ1) is 28.3. The topological polar surface area (TPSA) is 234 Å². The summed E-state index contributed by atoms with van der Waals surface area (Å²) in [5.41, 5.74) is 11.2. The van der Waals surface area contributed by atoms with Crippen LogP contribution >= 0.6 is 0 Å². The van der Waals surface area contributed by atoms with E-state index in [2.05, 4.69) is 16.0 Å². The quantitative estimate of drug-likeness (QED) is 0.148. The predicted molar refractivity (Wildman–Crippen MR) is 119 cm³/mol. The minimum Gasteiger partial charge on any atom is -0.508 e. The highest BCUT2D eigenvalue weighted by molar-refractivity contribution is 5.94. The summed E-state index contributed by atoms with van der Waals surface area (Å²) in [6.45, 7) is 2.53. The van der Waals surface area contributed by atoms with E-state index in [0.29, 0.717) is 5.56 Å². The normalized spacial score (nSPS) is 15.2. The number of hydrogen-bond acceptors (Lipinski definition) is 8. The zero-order valence-corrected chi connectivity index (χ0v) is 18.9. The van der Waals surface area contributed by atoms with Crippen molar-refractivity contribution in [3.8, 4) is 5.75 Å². The van der Waals surface area contributed by atoms with Gasteiger partial charge < -0.3 is 42.7 Å². The fourth-order valence-electron chi connectivity index (χ4n) is 2.83. The van der Waals surface area contributed by atoms with Crippen LogP contribution in [0.5, 0.6) is 5.75 Å². The number of phenolic OH excluding ortho intramolecular Hbond substituents is 1.